The van der Waals surface area contributed by atoms with E-state index < -0.39 is 11.8 Å². The molecule has 3 aromatic carbocycles. The van der Waals surface area contributed by atoms with E-state index in [1.807, 2.05) is 23.1 Å². The second-order valence-corrected chi connectivity index (χ2v) is 9.25. The first-order valence-electron chi connectivity index (χ1n) is 11.4. The summed E-state index contributed by atoms with van der Waals surface area (Å²) in [6.07, 6.45) is 0. The molecule has 1 fully saturated rings. The van der Waals surface area contributed by atoms with Crippen LogP contribution in [-0.2, 0) is 9.59 Å². The van der Waals surface area contributed by atoms with E-state index in [1.54, 1.807) is 42.5 Å². The van der Waals surface area contributed by atoms with Crippen molar-refractivity contribution in [3.8, 4) is 0 Å². The molecule has 0 unspecified atom stereocenters. The maximum absolute atomic E-state index is 13.2. The summed E-state index contributed by atoms with van der Waals surface area (Å²) in [5, 5.41) is 3.10. The number of anilines is 3. The van der Waals surface area contributed by atoms with Crippen LogP contribution in [0.15, 0.2) is 89.6 Å². The number of nitrogens with one attached hydrogen (secondary N) is 1. The average Bonchev–Trinajstić information content (AvgIpc) is 3.12. The van der Waals surface area contributed by atoms with E-state index in [-0.39, 0.29) is 16.6 Å². The van der Waals surface area contributed by atoms with Crippen molar-refractivity contribution >= 4 is 58.0 Å². The fraction of sp³-hybridized carbons (Fsp3) is 0.148. The lowest BCUT2D eigenvalue weighted by Crippen LogP contribution is -2.48. The number of halogens is 2. The number of benzene rings is 3. The normalized spacial score (nSPS) is 16.1. The zero-order valence-electron chi connectivity index (χ0n) is 19.2. The molecular formula is C27H22Cl2N4O3. The van der Waals surface area contributed by atoms with Crippen LogP contribution in [0.5, 0.6) is 0 Å². The van der Waals surface area contributed by atoms with Crippen LogP contribution >= 0.6 is 23.2 Å². The molecule has 7 nitrogen and oxygen atoms in total. The van der Waals surface area contributed by atoms with Crippen molar-refractivity contribution in [1.82, 2.24) is 4.90 Å². The van der Waals surface area contributed by atoms with Crippen molar-refractivity contribution < 1.29 is 14.4 Å². The first-order valence-corrected chi connectivity index (χ1v) is 12.2. The molecule has 0 aromatic heterocycles. The highest BCUT2D eigenvalue weighted by Gasteiger charge is 2.39. The van der Waals surface area contributed by atoms with Gasteiger partial charge in [-0.15, -0.1) is 0 Å². The van der Waals surface area contributed by atoms with Gasteiger partial charge in [0.15, 0.2) is 0 Å². The van der Waals surface area contributed by atoms with Crippen LogP contribution in [0.25, 0.3) is 0 Å². The minimum Gasteiger partial charge on any atom is -0.368 e. The Morgan fingerprint density at radius 2 is 1.44 bits per heavy atom. The first kappa shape index (κ1) is 23.9. The average molecular weight is 521 g/mol. The number of nitrogens with zero attached hydrogens (tertiary/aromatic N) is 3. The van der Waals surface area contributed by atoms with Gasteiger partial charge in [0.2, 0.25) is 0 Å². The summed E-state index contributed by atoms with van der Waals surface area (Å²) in [6, 6.07) is 23.3. The Kier molecular flexibility index (Phi) is 6.67. The highest BCUT2D eigenvalue weighted by Crippen LogP contribution is 2.31. The van der Waals surface area contributed by atoms with E-state index in [0.717, 1.165) is 23.7 Å². The van der Waals surface area contributed by atoms with Crippen LogP contribution in [0.3, 0.4) is 0 Å². The summed E-state index contributed by atoms with van der Waals surface area (Å²) in [5.41, 5.74) is 2.37. The monoisotopic (exact) mass is 520 g/mol. The highest BCUT2D eigenvalue weighted by molar-refractivity contribution is 6.53. The van der Waals surface area contributed by atoms with E-state index in [9.17, 15) is 14.4 Å². The predicted octanol–water partition coefficient (Wildman–Crippen LogP) is 4.74. The maximum atomic E-state index is 13.2. The molecule has 3 aromatic rings. The molecule has 1 N–H and O–H groups in total. The third kappa shape index (κ3) is 4.67. The fourth-order valence-electron chi connectivity index (χ4n) is 4.32. The molecule has 0 aliphatic carbocycles. The van der Waals surface area contributed by atoms with Crippen LogP contribution in [0.4, 0.5) is 17.1 Å². The predicted molar refractivity (Wildman–Crippen MR) is 141 cm³/mol. The van der Waals surface area contributed by atoms with Gasteiger partial charge in [0.25, 0.3) is 17.7 Å². The Labute approximate surface area is 218 Å². The zero-order valence-corrected chi connectivity index (χ0v) is 20.7. The lowest BCUT2D eigenvalue weighted by Gasteiger charge is -2.36. The minimum absolute atomic E-state index is 0.0530. The lowest BCUT2D eigenvalue weighted by atomic mass is 10.1. The summed E-state index contributed by atoms with van der Waals surface area (Å²) in [4.78, 5) is 44.0. The summed E-state index contributed by atoms with van der Waals surface area (Å²) in [7, 11) is 0. The van der Waals surface area contributed by atoms with Gasteiger partial charge in [-0.3, -0.25) is 14.4 Å². The van der Waals surface area contributed by atoms with E-state index >= 15 is 0 Å². The number of amides is 3. The van der Waals surface area contributed by atoms with Crippen molar-refractivity contribution in [2.45, 2.75) is 0 Å². The lowest BCUT2D eigenvalue weighted by molar-refractivity contribution is -0.120. The molecule has 2 aliphatic rings. The number of rotatable bonds is 5. The van der Waals surface area contributed by atoms with Gasteiger partial charge in [0, 0.05) is 48.1 Å². The van der Waals surface area contributed by atoms with Gasteiger partial charge in [-0.25, -0.2) is 4.90 Å². The van der Waals surface area contributed by atoms with Gasteiger partial charge in [-0.2, -0.15) is 0 Å². The van der Waals surface area contributed by atoms with Crippen LogP contribution in [0.2, 0.25) is 5.02 Å². The minimum atomic E-state index is -0.644. The van der Waals surface area contributed by atoms with E-state index in [4.69, 9.17) is 23.2 Å². The molecule has 0 saturated carbocycles. The van der Waals surface area contributed by atoms with E-state index in [0.29, 0.717) is 35.1 Å². The molecule has 3 amide bonds. The number of carbonyl (C=O) groups is 3. The van der Waals surface area contributed by atoms with Gasteiger partial charge in [0.05, 0.1) is 5.69 Å². The van der Waals surface area contributed by atoms with Crippen molar-refractivity contribution in [2.24, 2.45) is 0 Å². The van der Waals surface area contributed by atoms with Crippen LogP contribution < -0.4 is 15.1 Å². The number of para-hydroxylation sites is 1. The second-order valence-electron chi connectivity index (χ2n) is 8.44. The molecule has 0 radical (unpaired) electrons. The Morgan fingerprint density at radius 3 is 2.17 bits per heavy atom. The third-order valence-corrected chi connectivity index (χ3v) is 6.75. The molecule has 5 rings (SSSR count). The third-order valence-electron chi connectivity index (χ3n) is 6.16. The molecule has 2 heterocycles. The molecule has 1 saturated heterocycles. The van der Waals surface area contributed by atoms with Gasteiger partial charge in [-0.05, 0) is 48.5 Å². The Hall–Kier alpha value is -3.81. The van der Waals surface area contributed by atoms with Crippen LogP contribution in [-0.4, -0.2) is 48.8 Å². The van der Waals surface area contributed by atoms with E-state index in [2.05, 4.69) is 22.3 Å². The number of hydrogen-bond donors (Lipinski definition) is 1. The van der Waals surface area contributed by atoms with Crippen molar-refractivity contribution in [1.29, 1.82) is 0 Å². The Balaban J connectivity index is 1.28. The second kappa shape index (κ2) is 10.0. The molecule has 0 atom stereocenters. The Morgan fingerprint density at radius 1 is 0.750 bits per heavy atom. The van der Waals surface area contributed by atoms with Gasteiger partial charge >= 0.3 is 0 Å². The molecule has 0 bridgehead atoms. The SMILES string of the molecule is O=C(c1cccc(NC2=C(Cl)C(=O)N(c3cccc(Cl)c3)C2=O)c1)N1CCN(c2ccccc2)CC1. The van der Waals surface area contributed by atoms with Crippen molar-refractivity contribution in [2.75, 3.05) is 41.3 Å². The summed E-state index contributed by atoms with van der Waals surface area (Å²) < 4.78 is 0. The quantitative estimate of drug-likeness (QED) is 0.492. The van der Waals surface area contributed by atoms with Crippen LogP contribution in [0, 0.1) is 0 Å². The number of imide groups is 1. The van der Waals surface area contributed by atoms with Crippen molar-refractivity contribution in [3.05, 3.63) is 100 Å². The molecule has 182 valence electrons. The maximum Gasteiger partial charge on any atom is 0.283 e. The molecule has 9 heteroatoms. The van der Waals surface area contributed by atoms with Crippen molar-refractivity contribution in [3.63, 3.8) is 0 Å². The number of piperazine rings is 1. The van der Waals surface area contributed by atoms with Gasteiger partial charge in [0.1, 0.15) is 10.7 Å². The number of carbonyl (C=O) groups excluding carboxylic acids is 3. The molecule has 2 aliphatic heterocycles. The highest BCUT2D eigenvalue weighted by atomic mass is 35.5. The fourth-order valence-corrected chi connectivity index (χ4v) is 4.72. The summed E-state index contributed by atoms with van der Waals surface area (Å²) in [6.45, 7) is 2.69. The van der Waals surface area contributed by atoms with Gasteiger partial charge < -0.3 is 15.1 Å². The van der Waals surface area contributed by atoms with Crippen LogP contribution in [0.1, 0.15) is 10.4 Å². The topological polar surface area (TPSA) is 73.0 Å². The number of hydrogen-bond acceptors (Lipinski definition) is 5. The summed E-state index contributed by atoms with van der Waals surface area (Å²) in [5.74, 6) is -1.34. The Bertz CT molecular complexity index is 1370. The smallest absolute Gasteiger partial charge is 0.283 e. The molecule has 36 heavy (non-hydrogen) atoms. The first-order chi connectivity index (χ1) is 17.4. The van der Waals surface area contributed by atoms with E-state index in [1.165, 1.54) is 6.07 Å². The summed E-state index contributed by atoms with van der Waals surface area (Å²) >= 11 is 12.3. The zero-order chi connectivity index (χ0) is 25.2. The standard InChI is InChI=1S/C27H22Cl2N4O3/c28-19-7-5-11-22(17-19)33-26(35)23(29)24(27(33)36)30-20-8-4-6-18(16-20)25(34)32-14-12-31(13-15-32)21-9-2-1-3-10-21/h1-11,16-17,30H,12-15H2. The largest absolute Gasteiger partial charge is 0.368 e. The van der Waals surface area contributed by atoms with Gasteiger partial charge in [-0.1, -0.05) is 53.5 Å². The molecule has 0 spiro atoms. The molecular weight excluding hydrogens is 499 g/mol.